The molecule has 2 fully saturated rings. The van der Waals surface area contributed by atoms with Crippen LogP contribution in [0.1, 0.15) is 32.1 Å². The van der Waals surface area contributed by atoms with Gasteiger partial charge >= 0.3 is 5.97 Å². The average Bonchev–Trinajstić information content (AvgIpc) is 2.91. The van der Waals surface area contributed by atoms with Crippen LogP contribution >= 0.6 is 0 Å². The fourth-order valence-electron chi connectivity index (χ4n) is 2.94. The van der Waals surface area contributed by atoms with Crippen molar-refractivity contribution in [2.24, 2.45) is 0 Å². The Kier molecular flexibility index (Phi) is 4.81. The van der Waals surface area contributed by atoms with Crippen LogP contribution in [0.3, 0.4) is 0 Å². The van der Waals surface area contributed by atoms with Crippen LogP contribution in [-0.4, -0.2) is 66.7 Å². The van der Waals surface area contributed by atoms with Gasteiger partial charge in [0.05, 0.1) is 12.2 Å². The first kappa shape index (κ1) is 14.7. The SMILES string of the molecule is O=C(O)CCS(=O)(=O)N1CCC(N2CCCC2)CC1. The van der Waals surface area contributed by atoms with Gasteiger partial charge in [0, 0.05) is 19.1 Å². The molecule has 2 rings (SSSR count). The van der Waals surface area contributed by atoms with Crippen molar-refractivity contribution in [1.82, 2.24) is 9.21 Å². The number of piperidine rings is 1. The van der Waals surface area contributed by atoms with Gasteiger partial charge in [0.1, 0.15) is 0 Å². The molecule has 19 heavy (non-hydrogen) atoms. The number of carboxylic acids is 1. The summed E-state index contributed by atoms with van der Waals surface area (Å²) in [5.41, 5.74) is 0. The minimum absolute atomic E-state index is 0.281. The molecule has 2 saturated heterocycles. The van der Waals surface area contributed by atoms with Crippen LogP contribution in [0.4, 0.5) is 0 Å². The van der Waals surface area contributed by atoms with E-state index in [2.05, 4.69) is 4.90 Å². The molecule has 0 atom stereocenters. The third kappa shape index (κ3) is 3.90. The number of rotatable bonds is 5. The summed E-state index contributed by atoms with van der Waals surface area (Å²) in [5.74, 6) is -1.34. The highest BCUT2D eigenvalue weighted by Crippen LogP contribution is 2.22. The van der Waals surface area contributed by atoms with Crippen molar-refractivity contribution in [1.29, 1.82) is 0 Å². The summed E-state index contributed by atoms with van der Waals surface area (Å²) in [7, 11) is -3.39. The Balaban J connectivity index is 1.83. The van der Waals surface area contributed by atoms with Gasteiger partial charge in [-0.15, -0.1) is 0 Å². The maximum atomic E-state index is 12.0. The van der Waals surface area contributed by atoms with Crippen molar-refractivity contribution >= 4 is 16.0 Å². The van der Waals surface area contributed by atoms with Crippen LogP contribution < -0.4 is 0 Å². The van der Waals surface area contributed by atoms with Gasteiger partial charge in [-0.1, -0.05) is 0 Å². The molecule has 0 amide bonds. The fourth-order valence-corrected chi connectivity index (χ4v) is 4.40. The molecule has 0 aromatic rings. The molecule has 2 aliphatic rings. The topological polar surface area (TPSA) is 77.9 Å². The molecule has 0 saturated carbocycles. The van der Waals surface area contributed by atoms with Crippen molar-refractivity contribution in [2.45, 2.75) is 38.1 Å². The molecule has 2 heterocycles. The van der Waals surface area contributed by atoms with Crippen molar-refractivity contribution < 1.29 is 18.3 Å². The average molecular weight is 290 g/mol. The Morgan fingerprint density at radius 1 is 1.11 bits per heavy atom. The minimum atomic E-state index is -3.39. The van der Waals surface area contributed by atoms with E-state index in [0.29, 0.717) is 19.1 Å². The number of sulfonamides is 1. The maximum Gasteiger partial charge on any atom is 0.304 e. The van der Waals surface area contributed by atoms with Crippen LogP contribution in [0.15, 0.2) is 0 Å². The molecule has 1 N–H and O–H groups in total. The van der Waals surface area contributed by atoms with E-state index in [1.807, 2.05) is 0 Å². The standard InChI is InChI=1S/C12H22N2O4S/c15-12(16)5-10-19(17,18)14-8-3-11(4-9-14)13-6-1-2-7-13/h11H,1-10H2,(H,15,16). The number of hydrogen-bond acceptors (Lipinski definition) is 4. The van der Waals surface area contributed by atoms with E-state index < -0.39 is 16.0 Å². The lowest BCUT2D eigenvalue weighted by Crippen LogP contribution is -2.46. The molecule has 0 aromatic heterocycles. The Morgan fingerprint density at radius 2 is 1.68 bits per heavy atom. The van der Waals surface area contributed by atoms with Crippen LogP contribution in [0.25, 0.3) is 0 Å². The van der Waals surface area contributed by atoms with Gasteiger partial charge in [-0.3, -0.25) is 4.79 Å². The molecule has 0 bridgehead atoms. The third-order valence-corrected chi connectivity index (χ3v) is 5.92. The Bertz CT molecular complexity index is 409. The summed E-state index contributed by atoms with van der Waals surface area (Å²) < 4.78 is 25.4. The highest BCUT2D eigenvalue weighted by Gasteiger charge is 2.31. The molecule has 7 heteroatoms. The van der Waals surface area contributed by atoms with Gasteiger partial charge in [-0.2, -0.15) is 0 Å². The van der Waals surface area contributed by atoms with Crippen LogP contribution in [0.5, 0.6) is 0 Å². The molecule has 0 unspecified atom stereocenters. The molecule has 0 aromatic carbocycles. The lowest BCUT2D eigenvalue weighted by atomic mass is 10.1. The summed E-state index contributed by atoms with van der Waals surface area (Å²) in [6, 6.07) is 0.508. The van der Waals surface area contributed by atoms with E-state index in [9.17, 15) is 13.2 Å². The number of carboxylic acid groups (broad SMARTS) is 1. The number of hydrogen-bond donors (Lipinski definition) is 1. The van der Waals surface area contributed by atoms with E-state index in [0.717, 1.165) is 25.9 Å². The van der Waals surface area contributed by atoms with E-state index in [-0.39, 0.29) is 12.2 Å². The summed E-state index contributed by atoms with van der Waals surface area (Å²) >= 11 is 0. The number of nitrogens with zero attached hydrogens (tertiary/aromatic N) is 2. The lowest BCUT2D eigenvalue weighted by Gasteiger charge is -2.35. The van der Waals surface area contributed by atoms with Crippen molar-refractivity contribution in [2.75, 3.05) is 31.9 Å². The zero-order valence-corrected chi connectivity index (χ0v) is 11.9. The predicted octanol–water partition coefficient (Wildman–Crippen LogP) is 0.351. The van der Waals surface area contributed by atoms with Gasteiger partial charge in [-0.25, -0.2) is 12.7 Å². The van der Waals surface area contributed by atoms with E-state index in [4.69, 9.17) is 5.11 Å². The van der Waals surface area contributed by atoms with Crippen molar-refractivity contribution in [3.8, 4) is 0 Å². The second-order valence-corrected chi connectivity index (χ2v) is 7.42. The molecule has 0 radical (unpaired) electrons. The summed E-state index contributed by atoms with van der Waals surface area (Å²) in [6.45, 7) is 3.33. The highest BCUT2D eigenvalue weighted by atomic mass is 32.2. The molecular weight excluding hydrogens is 268 g/mol. The minimum Gasteiger partial charge on any atom is -0.481 e. The second-order valence-electron chi connectivity index (χ2n) is 5.33. The van der Waals surface area contributed by atoms with Gasteiger partial charge in [-0.05, 0) is 38.8 Å². The van der Waals surface area contributed by atoms with E-state index in [1.54, 1.807) is 0 Å². The first-order valence-electron chi connectivity index (χ1n) is 6.93. The molecular formula is C12H22N2O4S. The number of aliphatic carboxylic acids is 1. The second kappa shape index (κ2) is 6.19. The van der Waals surface area contributed by atoms with E-state index >= 15 is 0 Å². The Hall–Kier alpha value is -0.660. The Morgan fingerprint density at radius 3 is 2.21 bits per heavy atom. The first-order valence-corrected chi connectivity index (χ1v) is 8.53. The molecule has 2 aliphatic heterocycles. The van der Waals surface area contributed by atoms with Gasteiger partial charge < -0.3 is 10.0 Å². The smallest absolute Gasteiger partial charge is 0.304 e. The molecule has 0 aliphatic carbocycles. The van der Waals surface area contributed by atoms with Crippen molar-refractivity contribution in [3.05, 3.63) is 0 Å². The van der Waals surface area contributed by atoms with Gasteiger partial charge in [0.2, 0.25) is 10.0 Å². The quantitative estimate of drug-likeness (QED) is 0.790. The zero-order valence-electron chi connectivity index (χ0n) is 11.1. The van der Waals surface area contributed by atoms with E-state index in [1.165, 1.54) is 17.1 Å². The summed E-state index contributed by atoms with van der Waals surface area (Å²) in [4.78, 5) is 12.9. The lowest BCUT2D eigenvalue weighted by molar-refractivity contribution is -0.136. The maximum absolute atomic E-state index is 12.0. The van der Waals surface area contributed by atoms with Crippen LogP contribution in [0, 0.1) is 0 Å². The molecule has 0 spiro atoms. The summed E-state index contributed by atoms with van der Waals surface area (Å²) in [5, 5.41) is 8.57. The first-order chi connectivity index (χ1) is 8.99. The Labute approximate surface area is 114 Å². The van der Waals surface area contributed by atoms with Gasteiger partial charge in [0.25, 0.3) is 0 Å². The normalized spacial score (nSPS) is 23.8. The monoisotopic (exact) mass is 290 g/mol. The predicted molar refractivity (Wildman–Crippen MR) is 71.4 cm³/mol. The van der Waals surface area contributed by atoms with Crippen molar-refractivity contribution in [3.63, 3.8) is 0 Å². The third-order valence-electron chi connectivity index (χ3n) is 4.05. The van der Waals surface area contributed by atoms with Crippen LogP contribution in [0.2, 0.25) is 0 Å². The molecule has 110 valence electrons. The number of carbonyl (C=O) groups is 1. The highest BCUT2D eigenvalue weighted by molar-refractivity contribution is 7.89. The van der Waals surface area contributed by atoms with Crippen LogP contribution in [-0.2, 0) is 14.8 Å². The fraction of sp³-hybridized carbons (Fsp3) is 0.917. The number of likely N-dealkylation sites (tertiary alicyclic amines) is 1. The largest absolute Gasteiger partial charge is 0.481 e. The molecule has 6 nitrogen and oxygen atoms in total. The zero-order chi connectivity index (χ0) is 13.9. The summed E-state index contributed by atoms with van der Waals surface area (Å²) in [6.07, 6.45) is 3.92. The van der Waals surface area contributed by atoms with Gasteiger partial charge in [0.15, 0.2) is 0 Å².